The first-order valence-corrected chi connectivity index (χ1v) is 10.9. The summed E-state index contributed by atoms with van der Waals surface area (Å²) < 4.78 is 0. The smallest absolute Gasteiger partial charge is 0.0717 e. The Labute approximate surface area is 182 Å². The zero-order valence-corrected chi connectivity index (χ0v) is 17.5. The predicted molar refractivity (Wildman–Crippen MR) is 124 cm³/mol. The molecule has 0 aliphatic carbocycles. The molecule has 0 saturated carbocycles. The van der Waals surface area contributed by atoms with E-state index in [1.54, 1.807) is 0 Å². The summed E-state index contributed by atoms with van der Waals surface area (Å²) in [7, 11) is 0. The number of fused-ring (bicyclic) bond motifs is 1. The van der Waals surface area contributed by atoms with Crippen LogP contribution in [0.25, 0.3) is 22.0 Å². The van der Waals surface area contributed by atoms with Crippen LogP contribution in [-0.2, 0) is 0 Å². The predicted octanol–water partition coefficient (Wildman–Crippen LogP) is 6.08. The summed E-state index contributed by atoms with van der Waals surface area (Å²) in [4.78, 5) is 9.10. The van der Waals surface area contributed by atoms with E-state index in [4.69, 9.17) is 16.6 Å². The van der Waals surface area contributed by atoms with Crippen LogP contribution in [0.5, 0.6) is 0 Å². The van der Waals surface area contributed by atoms with Crippen molar-refractivity contribution in [1.82, 2.24) is 15.3 Å². The van der Waals surface area contributed by atoms with Gasteiger partial charge in [-0.15, -0.1) is 0 Å². The van der Waals surface area contributed by atoms with E-state index in [2.05, 4.69) is 46.7 Å². The number of aromatic nitrogens is 2. The van der Waals surface area contributed by atoms with Crippen molar-refractivity contribution in [2.75, 3.05) is 13.1 Å². The quantitative estimate of drug-likeness (QED) is 0.440. The molecule has 1 N–H and O–H groups in total. The SMILES string of the molecule is Clc1c(-c2ccccc2)cnc2ccc(C(c3cccnc3)C3CCCNC3)cc12. The van der Waals surface area contributed by atoms with Gasteiger partial charge in [0.25, 0.3) is 0 Å². The molecule has 0 bridgehead atoms. The summed E-state index contributed by atoms with van der Waals surface area (Å²) >= 11 is 6.92. The summed E-state index contributed by atoms with van der Waals surface area (Å²) in [5, 5.41) is 5.35. The number of hydrogen-bond acceptors (Lipinski definition) is 3. The van der Waals surface area contributed by atoms with Crippen LogP contribution in [0, 0.1) is 5.92 Å². The Hall–Kier alpha value is -2.75. The zero-order chi connectivity index (χ0) is 20.3. The molecule has 2 aromatic carbocycles. The molecule has 0 amide bonds. The lowest BCUT2D eigenvalue weighted by atomic mass is 9.77. The van der Waals surface area contributed by atoms with Crippen LogP contribution >= 0.6 is 11.6 Å². The molecule has 4 heteroatoms. The van der Waals surface area contributed by atoms with Crippen LogP contribution in [0.1, 0.15) is 29.9 Å². The third kappa shape index (κ3) is 3.71. The summed E-state index contributed by atoms with van der Waals surface area (Å²) in [6.07, 6.45) is 8.14. The maximum Gasteiger partial charge on any atom is 0.0717 e. The number of benzene rings is 2. The van der Waals surface area contributed by atoms with Crippen molar-refractivity contribution in [1.29, 1.82) is 0 Å². The van der Waals surface area contributed by atoms with Crippen molar-refractivity contribution in [3.05, 3.63) is 95.4 Å². The molecule has 0 spiro atoms. The minimum absolute atomic E-state index is 0.285. The summed E-state index contributed by atoms with van der Waals surface area (Å²) in [6.45, 7) is 2.12. The number of halogens is 1. The van der Waals surface area contributed by atoms with Gasteiger partial charge >= 0.3 is 0 Å². The molecule has 5 rings (SSSR count). The van der Waals surface area contributed by atoms with Gasteiger partial charge in [0.15, 0.2) is 0 Å². The van der Waals surface area contributed by atoms with Crippen molar-refractivity contribution >= 4 is 22.5 Å². The lowest BCUT2D eigenvalue weighted by Crippen LogP contribution is -2.33. The molecule has 3 heterocycles. The second kappa shape index (κ2) is 8.55. The van der Waals surface area contributed by atoms with Gasteiger partial charge < -0.3 is 5.32 Å². The summed E-state index contributed by atoms with van der Waals surface area (Å²) in [5.41, 5.74) is 5.52. The minimum atomic E-state index is 0.285. The Balaban J connectivity index is 1.63. The molecule has 1 aliphatic heterocycles. The molecular formula is C26H24ClN3. The maximum absolute atomic E-state index is 6.92. The fourth-order valence-corrected chi connectivity index (χ4v) is 4.96. The number of nitrogens with zero attached hydrogens (tertiary/aromatic N) is 2. The van der Waals surface area contributed by atoms with E-state index in [0.29, 0.717) is 5.92 Å². The maximum atomic E-state index is 6.92. The number of rotatable bonds is 4. The second-order valence-electron chi connectivity index (χ2n) is 8.00. The van der Waals surface area contributed by atoms with Crippen LogP contribution in [-0.4, -0.2) is 23.1 Å². The van der Waals surface area contributed by atoms with Crippen molar-refractivity contribution in [2.45, 2.75) is 18.8 Å². The zero-order valence-electron chi connectivity index (χ0n) is 16.8. The van der Waals surface area contributed by atoms with Gasteiger partial charge in [0, 0.05) is 35.5 Å². The highest BCUT2D eigenvalue weighted by molar-refractivity contribution is 6.38. The first-order valence-electron chi connectivity index (χ1n) is 10.6. The fraction of sp³-hybridized carbons (Fsp3) is 0.231. The molecule has 0 radical (unpaired) electrons. The lowest BCUT2D eigenvalue weighted by molar-refractivity contribution is 0.346. The Kier molecular flexibility index (Phi) is 5.48. The summed E-state index contributed by atoms with van der Waals surface area (Å²) in [6, 6.07) is 21.0. The van der Waals surface area contributed by atoms with Gasteiger partial charge in [-0.3, -0.25) is 9.97 Å². The van der Waals surface area contributed by atoms with E-state index in [-0.39, 0.29) is 5.92 Å². The van der Waals surface area contributed by atoms with Gasteiger partial charge in [0.1, 0.15) is 0 Å². The average molecular weight is 414 g/mol. The van der Waals surface area contributed by atoms with Gasteiger partial charge in [-0.1, -0.05) is 54.1 Å². The van der Waals surface area contributed by atoms with Crippen LogP contribution < -0.4 is 5.32 Å². The normalized spacial score (nSPS) is 17.7. The van der Waals surface area contributed by atoms with E-state index in [0.717, 1.165) is 40.1 Å². The van der Waals surface area contributed by atoms with Crippen molar-refractivity contribution < 1.29 is 0 Å². The van der Waals surface area contributed by atoms with Gasteiger partial charge in [-0.25, -0.2) is 0 Å². The molecular weight excluding hydrogens is 390 g/mol. The standard InChI is InChI=1S/C26H24ClN3/c27-26-22-14-19(10-11-24(22)30-17-23(26)18-6-2-1-3-7-18)25(20-8-4-12-28-15-20)21-9-5-13-29-16-21/h1-4,6-8,10-12,14-15,17,21,25,29H,5,9,13,16H2. The Morgan fingerprint density at radius 3 is 2.63 bits per heavy atom. The minimum Gasteiger partial charge on any atom is -0.316 e. The molecule has 1 saturated heterocycles. The number of nitrogens with one attached hydrogen (secondary N) is 1. The van der Waals surface area contributed by atoms with Gasteiger partial charge in [-0.05, 0) is 66.7 Å². The van der Waals surface area contributed by atoms with Crippen LogP contribution in [0.3, 0.4) is 0 Å². The number of hydrogen-bond donors (Lipinski definition) is 1. The largest absolute Gasteiger partial charge is 0.316 e. The van der Waals surface area contributed by atoms with Crippen molar-refractivity contribution in [2.24, 2.45) is 5.92 Å². The highest BCUT2D eigenvalue weighted by atomic mass is 35.5. The molecule has 150 valence electrons. The lowest BCUT2D eigenvalue weighted by Gasteiger charge is -2.31. The average Bonchev–Trinajstić information content (AvgIpc) is 2.82. The Morgan fingerprint density at radius 2 is 1.87 bits per heavy atom. The highest BCUT2D eigenvalue weighted by Gasteiger charge is 2.27. The first kappa shape index (κ1) is 19.2. The molecule has 2 atom stereocenters. The highest BCUT2D eigenvalue weighted by Crippen LogP contribution is 2.39. The van der Waals surface area contributed by atoms with Crippen molar-refractivity contribution in [3.63, 3.8) is 0 Å². The molecule has 2 unspecified atom stereocenters. The van der Waals surface area contributed by atoms with Crippen LogP contribution in [0.15, 0.2) is 79.3 Å². The van der Waals surface area contributed by atoms with E-state index in [9.17, 15) is 0 Å². The third-order valence-corrected chi connectivity index (χ3v) is 6.53. The van der Waals surface area contributed by atoms with Crippen LogP contribution in [0.2, 0.25) is 5.02 Å². The molecule has 2 aromatic heterocycles. The molecule has 3 nitrogen and oxygen atoms in total. The van der Waals surface area contributed by atoms with Gasteiger partial charge in [-0.2, -0.15) is 0 Å². The van der Waals surface area contributed by atoms with E-state index >= 15 is 0 Å². The molecule has 4 aromatic rings. The molecule has 1 aliphatic rings. The van der Waals surface area contributed by atoms with E-state index < -0.39 is 0 Å². The van der Waals surface area contributed by atoms with Gasteiger partial charge in [0.05, 0.1) is 10.5 Å². The monoisotopic (exact) mass is 413 g/mol. The van der Waals surface area contributed by atoms with Gasteiger partial charge in [0.2, 0.25) is 0 Å². The number of pyridine rings is 2. The Morgan fingerprint density at radius 1 is 0.967 bits per heavy atom. The fourth-order valence-electron chi connectivity index (χ4n) is 4.65. The molecule has 30 heavy (non-hydrogen) atoms. The Bertz CT molecular complexity index is 1140. The summed E-state index contributed by atoms with van der Waals surface area (Å²) in [5.74, 6) is 0.816. The second-order valence-corrected chi connectivity index (χ2v) is 8.38. The third-order valence-electron chi connectivity index (χ3n) is 6.12. The van der Waals surface area contributed by atoms with E-state index in [1.807, 2.05) is 42.9 Å². The van der Waals surface area contributed by atoms with E-state index in [1.165, 1.54) is 24.0 Å². The number of piperidine rings is 1. The van der Waals surface area contributed by atoms with Crippen LogP contribution in [0.4, 0.5) is 0 Å². The topological polar surface area (TPSA) is 37.8 Å². The van der Waals surface area contributed by atoms with Crippen molar-refractivity contribution in [3.8, 4) is 11.1 Å². The first-order chi connectivity index (χ1) is 14.8. The molecule has 1 fully saturated rings.